The number of methoxy groups -OCH3 is 2. The van der Waals surface area contributed by atoms with Crippen LogP contribution in [0.3, 0.4) is 0 Å². The van der Waals surface area contributed by atoms with Crippen molar-refractivity contribution in [3.63, 3.8) is 0 Å². The predicted molar refractivity (Wildman–Crippen MR) is 122 cm³/mol. The summed E-state index contributed by atoms with van der Waals surface area (Å²) in [5.41, 5.74) is -2.39. The largest absolute Gasteiger partial charge is 0.573 e. The third kappa shape index (κ3) is 9.82. The number of alkyl halides is 11. The highest BCUT2D eigenvalue weighted by atomic mass is 19.4. The summed E-state index contributed by atoms with van der Waals surface area (Å²) in [6, 6.07) is 7.00. The molecular formula is C24H17F11O9. The maximum absolute atomic E-state index is 13.9. The van der Waals surface area contributed by atoms with E-state index in [1.165, 1.54) is 13.2 Å². The van der Waals surface area contributed by atoms with Gasteiger partial charge in [0.05, 0.1) is 12.7 Å². The van der Waals surface area contributed by atoms with Crippen LogP contribution in [0.1, 0.15) is 0 Å². The fourth-order valence-corrected chi connectivity index (χ4v) is 3.35. The van der Waals surface area contributed by atoms with Crippen molar-refractivity contribution < 1.29 is 85.9 Å². The van der Waals surface area contributed by atoms with E-state index in [0.29, 0.717) is 7.11 Å². The Morgan fingerprint density at radius 3 is 1.84 bits per heavy atom. The summed E-state index contributed by atoms with van der Waals surface area (Å²) in [6.07, 6.45) is -26.8. The fraction of sp³-hybridized carbons (Fsp3) is 0.375. The molecule has 0 fully saturated rings. The molecule has 3 rings (SSSR count). The van der Waals surface area contributed by atoms with Crippen LogP contribution in [-0.4, -0.2) is 58.6 Å². The van der Waals surface area contributed by atoms with Crippen LogP contribution in [0.5, 0.6) is 17.2 Å². The van der Waals surface area contributed by atoms with Gasteiger partial charge in [0.25, 0.3) is 0 Å². The van der Waals surface area contributed by atoms with Crippen LogP contribution in [0.15, 0.2) is 51.7 Å². The Hall–Kier alpha value is -3.88. The van der Waals surface area contributed by atoms with Crippen molar-refractivity contribution in [2.75, 3.05) is 27.4 Å². The lowest BCUT2D eigenvalue weighted by molar-refractivity contribution is -0.574. The van der Waals surface area contributed by atoms with E-state index in [0.717, 1.165) is 36.4 Å². The smallest absolute Gasteiger partial charge is 0.497 e. The zero-order chi connectivity index (χ0) is 33.1. The highest BCUT2D eigenvalue weighted by Crippen LogP contribution is 2.38. The topological polar surface area (TPSA) is 94.8 Å². The third-order valence-electron chi connectivity index (χ3n) is 4.91. The van der Waals surface area contributed by atoms with Gasteiger partial charge in [-0.3, -0.25) is 0 Å². The van der Waals surface area contributed by atoms with E-state index in [9.17, 15) is 53.1 Å². The first-order valence-electron chi connectivity index (χ1n) is 11.4. The maximum Gasteiger partial charge on any atom is 0.573 e. The van der Waals surface area contributed by atoms with E-state index in [2.05, 4.69) is 28.4 Å². The second-order valence-electron chi connectivity index (χ2n) is 8.29. The van der Waals surface area contributed by atoms with Crippen molar-refractivity contribution >= 4 is 11.0 Å². The summed E-state index contributed by atoms with van der Waals surface area (Å²) in [5.74, 6) is -1.45. The van der Waals surface area contributed by atoms with Crippen LogP contribution >= 0.6 is 0 Å². The van der Waals surface area contributed by atoms with Gasteiger partial charge in [-0.05, 0) is 30.3 Å². The minimum Gasteiger partial charge on any atom is -0.497 e. The van der Waals surface area contributed by atoms with Crippen LogP contribution in [0.4, 0.5) is 48.3 Å². The molecule has 1 aromatic heterocycles. The van der Waals surface area contributed by atoms with E-state index in [1.54, 1.807) is 0 Å². The Morgan fingerprint density at radius 1 is 0.682 bits per heavy atom. The van der Waals surface area contributed by atoms with Gasteiger partial charge < -0.3 is 23.4 Å². The maximum atomic E-state index is 13.9. The standard InChI is InChI=1S/C24H17F11O9/c1-37-10-20(25,26)42-23(32,33)44-24(34,35)43-21(27,28)11-39-14-4-3-12-7-16(19(36)40-17(12)9-14)15-6-5-13(38-2)8-18(15)41-22(29,30)31/h3-9H,10-11H2,1-2H3. The molecule has 0 unspecified atom stereocenters. The van der Waals surface area contributed by atoms with Gasteiger partial charge in [0.1, 0.15) is 29.4 Å². The van der Waals surface area contributed by atoms with Crippen LogP contribution < -0.4 is 19.8 Å². The second kappa shape index (κ2) is 12.6. The molecule has 0 N–H and O–H groups in total. The number of hydrogen-bond donors (Lipinski definition) is 0. The van der Waals surface area contributed by atoms with E-state index < -0.39 is 67.1 Å². The van der Waals surface area contributed by atoms with Crippen molar-refractivity contribution in [1.82, 2.24) is 0 Å². The van der Waals surface area contributed by atoms with Gasteiger partial charge in [-0.2, -0.15) is 17.6 Å². The van der Waals surface area contributed by atoms with Gasteiger partial charge in [0.2, 0.25) is 0 Å². The molecule has 0 bridgehead atoms. The minimum atomic E-state index is -5.90. The molecule has 0 aliphatic rings. The molecule has 3 aromatic rings. The molecule has 20 heteroatoms. The fourth-order valence-electron chi connectivity index (χ4n) is 3.35. The van der Waals surface area contributed by atoms with E-state index in [-0.39, 0.29) is 22.3 Å². The number of halogens is 11. The Labute approximate surface area is 237 Å². The van der Waals surface area contributed by atoms with Gasteiger partial charge in [0.15, 0.2) is 6.61 Å². The normalized spacial score (nSPS) is 13.3. The van der Waals surface area contributed by atoms with Crippen LogP contribution in [-0.2, 0) is 18.9 Å². The summed E-state index contributed by atoms with van der Waals surface area (Å²) in [4.78, 5) is 12.6. The first-order valence-corrected chi connectivity index (χ1v) is 11.4. The molecule has 0 spiro atoms. The van der Waals surface area contributed by atoms with E-state index >= 15 is 0 Å². The van der Waals surface area contributed by atoms with Gasteiger partial charge in [0, 0.05) is 30.2 Å². The number of fused-ring (bicyclic) bond motifs is 1. The highest BCUT2D eigenvalue weighted by Gasteiger charge is 2.56. The quantitative estimate of drug-likeness (QED) is 0.106. The zero-order valence-corrected chi connectivity index (χ0v) is 21.8. The Bertz CT molecular complexity index is 1510. The number of rotatable bonds is 14. The van der Waals surface area contributed by atoms with Gasteiger partial charge in [-0.15, -0.1) is 30.7 Å². The van der Waals surface area contributed by atoms with Crippen molar-refractivity contribution in [2.24, 2.45) is 0 Å². The Balaban J connectivity index is 1.76. The Kier molecular flexibility index (Phi) is 9.92. The van der Waals surface area contributed by atoms with E-state index in [1.807, 2.05) is 0 Å². The zero-order valence-electron chi connectivity index (χ0n) is 21.8. The monoisotopic (exact) mass is 658 g/mol. The molecule has 0 aliphatic heterocycles. The molecule has 44 heavy (non-hydrogen) atoms. The molecular weight excluding hydrogens is 641 g/mol. The second-order valence-corrected chi connectivity index (χ2v) is 8.29. The summed E-state index contributed by atoms with van der Waals surface area (Å²) in [5, 5.41) is 0.0103. The first-order chi connectivity index (χ1) is 20.1. The SMILES string of the molecule is COCC(F)(F)OC(F)(F)OC(F)(F)OC(F)(F)COc1ccc2cc(-c3ccc(OC)cc3OC(F)(F)F)c(=O)oc2c1. The lowest BCUT2D eigenvalue weighted by Gasteiger charge is -2.27. The molecule has 0 radical (unpaired) electrons. The molecule has 244 valence electrons. The predicted octanol–water partition coefficient (Wildman–Crippen LogP) is 6.73. The first kappa shape index (κ1) is 34.6. The Morgan fingerprint density at radius 2 is 1.27 bits per heavy atom. The number of benzene rings is 2. The average Bonchev–Trinajstić information content (AvgIpc) is 2.84. The molecule has 9 nitrogen and oxygen atoms in total. The molecule has 0 aliphatic carbocycles. The highest BCUT2D eigenvalue weighted by molar-refractivity contribution is 5.84. The third-order valence-corrected chi connectivity index (χ3v) is 4.91. The molecule has 0 saturated heterocycles. The molecule has 1 heterocycles. The summed E-state index contributed by atoms with van der Waals surface area (Å²) in [6.45, 7) is -3.93. The van der Waals surface area contributed by atoms with Crippen molar-refractivity contribution in [3.8, 4) is 28.4 Å². The van der Waals surface area contributed by atoms with Gasteiger partial charge in [-0.25, -0.2) is 19.0 Å². The van der Waals surface area contributed by atoms with Crippen molar-refractivity contribution in [2.45, 2.75) is 31.2 Å². The molecule has 2 aromatic carbocycles. The summed E-state index contributed by atoms with van der Waals surface area (Å²) >= 11 is 0. The lowest BCUT2D eigenvalue weighted by Crippen LogP contribution is -2.46. The average molecular weight is 658 g/mol. The molecule has 0 amide bonds. The number of ether oxygens (including phenoxy) is 7. The van der Waals surface area contributed by atoms with Crippen LogP contribution in [0, 0.1) is 0 Å². The van der Waals surface area contributed by atoms with Gasteiger partial charge in [-0.1, -0.05) is 0 Å². The summed E-state index contributed by atoms with van der Waals surface area (Å²) < 4.78 is 177. The van der Waals surface area contributed by atoms with E-state index in [4.69, 9.17) is 9.15 Å². The molecule has 0 atom stereocenters. The van der Waals surface area contributed by atoms with Crippen molar-refractivity contribution in [3.05, 3.63) is 52.9 Å². The number of hydrogen-bond acceptors (Lipinski definition) is 9. The van der Waals surface area contributed by atoms with Crippen molar-refractivity contribution in [1.29, 1.82) is 0 Å². The summed E-state index contributed by atoms with van der Waals surface area (Å²) in [7, 11) is 1.80. The minimum absolute atomic E-state index is 0.0103. The van der Waals surface area contributed by atoms with Crippen LogP contribution in [0.25, 0.3) is 22.1 Å². The molecule has 0 saturated carbocycles. The van der Waals surface area contributed by atoms with Crippen LogP contribution in [0.2, 0.25) is 0 Å². The lowest BCUT2D eigenvalue weighted by atomic mass is 10.0. The van der Waals surface area contributed by atoms with Gasteiger partial charge >= 0.3 is 36.8 Å².